The molecule has 2 aromatic rings. The third kappa shape index (κ3) is 9.16. The molecule has 150 valence electrons. The summed E-state index contributed by atoms with van der Waals surface area (Å²) in [4.78, 5) is 23.2. The molecular formula is C21H25NO6. The summed E-state index contributed by atoms with van der Waals surface area (Å²) in [5.74, 6) is -0.370. The lowest BCUT2D eigenvalue weighted by Gasteiger charge is -2.08. The third-order valence-electron chi connectivity index (χ3n) is 3.57. The van der Waals surface area contributed by atoms with Crippen molar-refractivity contribution in [3.05, 3.63) is 71.8 Å². The molecule has 0 aliphatic carbocycles. The van der Waals surface area contributed by atoms with Gasteiger partial charge in [-0.15, -0.1) is 0 Å². The second-order valence-electron chi connectivity index (χ2n) is 5.72. The van der Waals surface area contributed by atoms with Crippen LogP contribution in [-0.4, -0.2) is 51.6 Å². The molecule has 0 saturated carbocycles. The van der Waals surface area contributed by atoms with Crippen LogP contribution < -0.4 is 5.32 Å². The van der Waals surface area contributed by atoms with Crippen LogP contribution in [0.4, 0.5) is 4.79 Å². The van der Waals surface area contributed by atoms with Gasteiger partial charge in [0.05, 0.1) is 32.0 Å². The van der Waals surface area contributed by atoms with Gasteiger partial charge < -0.3 is 24.3 Å². The number of benzene rings is 2. The maximum Gasteiger partial charge on any atom is 0.407 e. The van der Waals surface area contributed by atoms with Crippen molar-refractivity contribution < 1.29 is 28.5 Å². The molecule has 1 amide bonds. The molecule has 0 aromatic heterocycles. The van der Waals surface area contributed by atoms with Crippen molar-refractivity contribution in [1.29, 1.82) is 0 Å². The van der Waals surface area contributed by atoms with E-state index in [-0.39, 0.29) is 19.2 Å². The first kappa shape index (κ1) is 21.4. The van der Waals surface area contributed by atoms with Gasteiger partial charge in [-0.05, 0) is 17.7 Å². The van der Waals surface area contributed by atoms with E-state index in [9.17, 15) is 9.59 Å². The number of alkyl carbamates (subject to hydrolysis) is 1. The molecule has 2 aromatic carbocycles. The summed E-state index contributed by atoms with van der Waals surface area (Å²) < 4.78 is 20.8. The van der Waals surface area contributed by atoms with E-state index in [1.54, 1.807) is 24.3 Å². The number of amides is 1. The lowest BCUT2D eigenvalue weighted by molar-refractivity contribution is 0.0149. The number of nitrogens with one attached hydrogen (secondary N) is 1. The number of hydrogen-bond donors (Lipinski definition) is 1. The first-order chi connectivity index (χ1) is 13.8. The maximum absolute atomic E-state index is 11.7. The van der Waals surface area contributed by atoms with Gasteiger partial charge >= 0.3 is 12.1 Å². The Labute approximate surface area is 164 Å². The summed E-state index contributed by atoms with van der Waals surface area (Å²) in [6.45, 7) is 2.18. The van der Waals surface area contributed by atoms with Gasteiger partial charge in [0.25, 0.3) is 0 Å². The van der Waals surface area contributed by atoms with Crippen LogP contribution in [0.3, 0.4) is 0 Å². The summed E-state index contributed by atoms with van der Waals surface area (Å²) in [7, 11) is 0. The van der Waals surface area contributed by atoms with Gasteiger partial charge in [0, 0.05) is 6.54 Å². The monoisotopic (exact) mass is 387 g/mol. The molecule has 0 atom stereocenters. The fourth-order valence-electron chi connectivity index (χ4n) is 2.17. The summed E-state index contributed by atoms with van der Waals surface area (Å²) in [5.41, 5.74) is 1.45. The van der Waals surface area contributed by atoms with Crippen LogP contribution in [0.25, 0.3) is 0 Å². The minimum atomic E-state index is -0.482. The van der Waals surface area contributed by atoms with E-state index in [0.29, 0.717) is 38.5 Å². The highest BCUT2D eigenvalue weighted by Crippen LogP contribution is 2.01. The standard InChI is InChI=1S/C21H25NO6/c23-20(19-9-5-2-6-10-19)27-16-15-26-14-13-25-12-11-22-21(24)28-17-18-7-3-1-4-8-18/h1-10H,11-17H2,(H,22,24). The number of carbonyl (C=O) groups is 2. The van der Waals surface area contributed by atoms with Crippen LogP contribution in [0.2, 0.25) is 0 Å². The summed E-state index contributed by atoms with van der Waals surface area (Å²) >= 11 is 0. The Morgan fingerprint density at radius 3 is 2.04 bits per heavy atom. The number of ether oxygens (including phenoxy) is 4. The Morgan fingerprint density at radius 1 is 0.714 bits per heavy atom. The predicted octanol–water partition coefficient (Wildman–Crippen LogP) is 2.80. The maximum atomic E-state index is 11.7. The van der Waals surface area contributed by atoms with Gasteiger partial charge in [-0.1, -0.05) is 48.5 Å². The van der Waals surface area contributed by atoms with Crippen LogP contribution in [0, 0.1) is 0 Å². The summed E-state index contributed by atoms with van der Waals surface area (Å²) in [6.07, 6.45) is -0.482. The quantitative estimate of drug-likeness (QED) is 0.445. The van der Waals surface area contributed by atoms with Gasteiger partial charge in [0.1, 0.15) is 13.2 Å². The van der Waals surface area contributed by atoms with Gasteiger partial charge in [-0.3, -0.25) is 0 Å². The largest absolute Gasteiger partial charge is 0.460 e. The first-order valence-electron chi connectivity index (χ1n) is 9.08. The first-order valence-corrected chi connectivity index (χ1v) is 9.08. The van der Waals surface area contributed by atoms with Crippen LogP contribution in [0.5, 0.6) is 0 Å². The molecule has 0 aliphatic heterocycles. The van der Waals surface area contributed by atoms with E-state index < -0.39 is 6.09 Å². The highest BCUT2D eigenvalue weighted by Gasteiger charge is 2.05. The Balaban J connectivity index is 1.37. The fraction of sp³-hybridized carbons (Fsp3) is 0.333. The zero-order valence-electron chi connectivity index (χ0n) is 15.7. The van der Waals surface area contributed by atoms with Crippen LogP contribution >= 0.6 is 0 Å². The number of rotatable bonds is 12. The van der Waals surface area contributed by atoms with Crippen molar-refractivity contribution >= 4 is 12.1 Å². The van der Waals surface area contributed by atoms with E-state index in [0.717, 1.165) is 5.56 Å². The lowest BCUT2D eigenvalue weighted by atomic mass is 10.2. The Morgan fingerprint density at radius 2 is 1.32 bits per heavy atom. The Kier molecular flexibility index (Phi) is 10.2. The highest BCUT2D eigenvalue weighted by molar-refractivity contribution is 5.89. The van der Waals surface area contributed by atoms with Gasteiger partial charge in [0.15, 0.2) is 0 Å². The number of esters is 1. The predicted molar refractivity (Wildman–Crippen MR) is 103 cm³/mol. The number of hydrogen-bond acceptors (Lipinski definition) is 6. The van der Waals surface area contributed by atoms with Crippen molar-refractivity contribution in [1.82, 2.24) is 5.32 Å². The van der Waals surface area contributed by atoms with E-state index in [1.165, 1.54) is 0 Å². The number of carbonyl (C=O) groups excluding carboxylic acids is 2. The molecule has 7 nitrogen and oxygen atoms in total. The second-order valence-corrected chi connectivity index (χ2v) is 5.72. The fourth-order valence-corrected chi connectivity index (χ4v) is 2.17. The van der Waals surface area contributed by atoms with Crippen LogP contribution in [0.1, 0.15) is 15.9 Å². The molecule has 0 aliphatic rings. The Hall–Kier alpha value is -2.90. The van der Waals surface area contributed by atoms with E-state index in [4.69, 9.17) is 18.9 Å². The second kappa shape index (κ2) is 13.3. The SMILES string of the molecule is O=C(NCCOCCOCCOC(=O)c1ccccc1)OCc1ccccc1. The molecule has 0 fully saturated rings. The lowest BCUT2D eigenvalue weighted by Crippen LogP contribution is -2.28. The van der Waals surface area contributed by atoms with Crippen LogP contribution in [-0.2, 0) is 25.6 Å². The average Bonchev–Trinajstić information content (AvgIpc) is 2.74. The van der Waals surface area contributed by atoms with Crippen LogP contribution in [0.15, 0.2) is 60.7 Å². The van der Waals surface area contributed by atoms with E-state index >= 15 is 0 Å². The minimum absolute atomic E-state index is 0.183. The van der Waals surface area contributed by atoms with E-state index in [2.05, 4.69) is 5.32 Å². The molecule has 7 heteroatoms. The molecule has 0 spiro atoms. The molecule has 2 rings (SSSR count). The molecule has 0 bridgehead atoms. The molecule has 28 heavy (non-hydrogen) atoms. The van der Waals surface area contributed by atoms with Crippen molar-refractivity contribution in [3.8, 4) is 0 Å². The van der Waals surface area contributed by atoms with Crippen molar-refractivity contribution in [2.24, 2.45) is 0 Å². The topological polar surface area (TPSA) is 83.1 Å². The van der Waals surface area contributed by atoms with E-state index in [1.807, 2.05) is 36.4 Å². The third-order valence-corrected chi connectivity index (χ3v) is 3.57. The van der Waals surface area contributed by atoms with Gasteiger partial charge in [-0.2, -0.15) is 0 Å². The molecule has 0 heterocycles. The molecule has 0 unspecified atom stereocenters. The van der Waals surface area contributed by atoms with Crippen molar-refractivity contribution in [2.45, 2.75) is 6.61 Å². The summed E-state index contributed by atoms with van der Waals surface area (Å²) in [5, 5.41) is 2.61. The summed E-state index contributed by atoms with van der Waals surface area (Å²) in [6, 6.07) is 18.2. The Bertz CT molecular complexity index is 693. The van der Waals surface area contributed by atoms with Crippen molar-refractivity contribution in [2.75, 3.05) is 39.6 Å². The zero-order chi connectivity index (χ0) is 19.9. The molecule has 1 N–H and O–H groups in total. The zero-order valence-corrected chi connectivity index (χ0v) is 15.7. The normalized spacial score (nSPS) is 10.3. The minimum Gasteiger partial charge on any atom is -0.460 e. The van der Waals surface area contributed by atoms with Crippen molar-refractivity contribution in [3.63, 3.8) is 0 Å². The average molecular weight is 387 g/mol. The smallest absolute Gasteiger partial charge is 0.407 e. The highest BCUT2D eigenvalue weighted by atomic mass is 16.6. The molecule has 0 radical (unpaired) electrons. The van der Waals surface area contributed by atoms with Gasteiger partial charge in [-0.25, -0.2) is 9.59 Å². The van der Waals surface area contributed by atoms with Gasteiger partial charge in [0.2, 0.25) is 0 Å². The molecule has 0 saturated heterocycles. The molecular weight excluding hydrogens is 362 g/mol.